The number of ether oxygens (including phenoxy) is 1. The maximum absolute atomic E-state index is 11.9. The average molecular weight is 180 g/mol. The van der Waals surface area contributed by atoms with Crippen molar-refractivity contribution in [1.82, 2.24) is 0 Å². The molecule has 11 heavy (non-hydrogen) atoms. The van der Waals surface area contributed by atoms with E-state index in [4.69, 9.17) is 0 Å². The maximum atomic E-state index is 11.9. The van der Waals surface area contributed by atoms with Crippen LogP contribution >= 0.6 is 0 Å². The first-order valence-corrected chi connectivity index (χ1v) is 2.50. The highest BCUT2D eigenvalue weighted by Crippen LogP contribution is 2.46. The standard InChI is InChI=1S/C4H2F6O/c5-1-3(7,8)2(6)11-4(1,9)10/h1-2H/t1-,2+/m0/s1. The van der Waals surface area contributed by atoms with E-state index in [0.717, 1.165) is 0 Å². The smallest absolute Gasteiger partial charge is 0.277 e. The van der Waals surface area contributed by atoms with Crippen LogP contribution in [0.4, 0.5) is 26.3 Å². The Kier molecular flexibility index (Phi) is 1.59. The Morgan fingerprint density at radius 3 is 1.55 bits per heavy atom. The SMILES string of the molecule is F[C@@H]1OC(F)(F)[C@@H](F)C1(F)F. The summed E-state index contributed by atoms with van der Waals surface area (Å²) in [4.78, 5) is 0. The molecule has 1 fully saturated rings. The highest BCUT2D eigenvalue weighted by molar-refractivity contribution is 4.92. The van der Waals surface area contributed by atoms with Gasteiger partial charge in [-0.05, 0) is 0 Å². The van der Waals surface area contributed by atoms with Gasteiger partial charge in [0, 0.05) is 0 Å². The summed E-state index contributed by atoms with van der Waals surface area (Å²) in [5.74, 6) is -4.76. The number of hydrogen-bond donors (Lipinski definition) is 0. The molecule has 1 saturated heterocycles. The molecule has 1 aliphatic heterocycles. The summed E-state index contributed by atoms with van der Waals surface area (Å²) in [6, 6.07) is 0. The van der Waals surface area contributed by atoms with Crippen LogP contribution in [0.25, 0.3) is 0 Å². The Morgan fingerprint density at radius 1 is 1.00 bits per heavy atom. The quantitative estimate of drug-likeness (QED) is 0.517. The molecule has 0 aromatic carbocycles. The fraction of sp³-hybridized carbons (Fsp3) is 1.00. The van der Waals surface area contributed by atoms with Crippen LogP contribution in [0.5, 0.6) is 0 Å². The Bertz CT molecular complexity index is 168. The molecule has 0 bridgehead atoms. The van der Waals surface area contributed by atoms with E-state index in [2.05, 4.69) is 4.74 Å². The fourth-order valence-corrected chi connectivity index (χ4v) is 0.615. The lowest BCUT2D eigenvalue weighted by Gasteiger charge is -2.11. The van der Waals surface area contributed by atoms with E-state index in [1.165, 1.54) is 0 Å². The molecular weight excluding hydrogens is 178 g/mol. The largest absolute Gasteiger partial charge is 0.395 e. The molecule has 0 radical (unpaired) electrons. The summed E-state index contributed by atoms with van der Waals surface area (Å²) in [5, 5.41) is 0. The van der Waals surface area contributed by atoms with Gasteiger partial charge in [0.05, 0.1) is 0 Å². The number of alkyl halides is 6. The second kappa shape index (κ2) is 2.02. The molecule has 0 N–H and O–H groups in total. The van der Waals surface area contributed by atoms with Crippen LogP contribution in [0.2, 0.25) is 0 Å². The summed E-state index contributed by atoms with van der Waals surface area (Å²) in [6.45, 7) is 0. The third-order valence-corrected chi connectivity index (χ3v) is 1.20. The van der Waals surface area contributed by atoms with Crippen molar-refractivity contribution in [3.8, 4) is 0 Å². The summed E-state index contributed by atoms with van der Waals surface area (Å²) >= 11 is 0. The van der Waals surface area contributed by atoms with Gasteiger partial charge in [0.15, 0.2) is 0 Å². The lowest BCUT2D eigenvalue weighted by atomic mass is 10.2. The average Bonchev–Trinajstić information content (AvgIpc) is 1.94. The minimum Gasteiger partial charge on any atom is -0.277 e. The van der Waals surface area contributed by atoms with Gasteiger partial charge >= 0.3 is 12.0 Å². The van der Waals surface area contributed by atoms with Crippen LogP contribution in [0.1, 0.15) is 0 Å². The van der Waals surface area contributed by atoms with Crippen LogP contribution < -0.4 is 0 Å². The van der Waals surface area contributed by atoms with E-state index in [9.17, 15) is 26.3 Å². The predicted molar refractivity (Wildman–Crippen MR) is 20.8 cm³/mol. The zero-order valence-corrected chi connectivity index (χ0v) is 4.83. The molecular formula is C4H2F6O. The van der Waals surface area contributed by atoms with Gasteiger partial charge in [0.25, 0.3) is 12.5 Å². The van der Waals surface area contributed by atoms with Gasteiger partial charge in [0.1, 0.15) is 0 Å². The predicted octanol–water partition coefficient (Wildman–Crippen LogP) is 1.88. The van der Waals surface area contributed by atoms with E-state index < -0.39 is 24.6 Å². The zero-order valence-electron chi connectivity index (χ0n) is 4.83. The first kappa shape index (κ1) is 8.63. The molecule has 7 heteroatoms. The van der Waals surface area contributed by atoms with Crippen LogP contribution in [0.15, 0.2) is 0 Å². The summed E-state index contributed by atoms with van der Waals surface area (Å²) in [6.07, 6.45) is -12.2. The Hall–Kier alpha value is -0.460. The first-order chi connectivity index (χ1) is 4.78. The van der Waals surface area contributed by atoms with Crippen LogP contribution in [0.3, 0.4) is 0 Å². The van der Waals surface area contributed by atoms with Crippen LogP contribution in [0, 0.1) is 0 Å². The zero-order chi connectivity index (χ0) is 8.86. The summed E-state index contributed by atoms with van der Waals surface area (Å²) in [7, 11) is 0. The van der Waals surface area contributed by atoms with Gasteiger partial charge in [-0.15, -0.1) is 0 Å². The Morgan fingerprint density at radius 2 is 1.45 bits per heavy atom. The molecule has 1 nitrogen and oxygen atoms in total. The minimum absolute atomic E-state index is 2.75. The molecule has 0 spiro atoms. The van der Waals surface area contributed by atoms with E-state index in [0.29, 0.717) is 0 Å². The minimum atomic E-state index is -4.76. The van der Waals surface area contributed by atoms with Gasteiger partial charge < -0.3 is 0 Å². The van der Waals surface area contributed by atoms with Crippen molar-refractivity contribution in [2.45, 2.75) is 24.6 Å². The molecule has 0 aromatic heterocycles. The number of hydrogen-bond acceptors (Lipinski definition) is 1. The molecule has 2 atom stereocenters. The molecule has 66 valence electrons. The fourth-order valence-electron chi connectivity index (χ4n) is 0.615. The monoisotopic (exact) mass is 180 g/mol. The molecule has 0 amide bonds. The number of halogens is 6. The van der Waals surface area contributed by atoms with Crippen molar-refractivity contribution in [1.29, 1.82) is 0 Å². The second-order valence-corrected chi connectivity index (χ2v) is 2.03. The van der Waals surface area contributed by atoms with Crippen LogP contribution in [-0.2, 0) is 4.74 Å². The Balaban J connectivity index is 2.89. The van der Waals surface area contributed by atoms with Gasteiger partial charge in [0.2, 0.25) is 0 Å². The molecule has 0 aromatic rings. The number of rotatable bonds is 0. The Labute approximate surface area is 56.9 Å². The molecule has 0 saturated carbocycles. The van der Waals surface area contributed by atoms with E-state index >= 15 is 0 Å². The van der Waals surface area contributed by atoms with Gasteiger partial charge in [-0.25, -0.2) is 8.78 Å². The maximum Gasteiger partial charge on any atom is 0.395 e. The third-order valence-electron chi connectivity index (χ3n) is 1.20. The van der Waals surface area contributed by atoms with E-state index in [1.807, 2.05) is 0 Å². The van der Waals surface area contributed by atoms with Crippen molar-refractivity contribution in [2.75, 3.05) is 0 Å². The summed E-state index contributed by atoms with van der Waals surface area (Å²) in [5.41, 5.74) is 0. The normalized spacial score (nSPS) is 40.9. The summed E-state index contributed by atoms with van der Waals surface area (Å²) < 4.78 is 73.6. The molecule has 0 aliphatic carbocycles. The van der Waals surface area contributed by atoms with E-state index in [1.54, 1.807) is 0 Å². The van der Waals surface area contributed by atoms with Crippen molar-refractivity contribution < 1.29 is 31.1 Å². The lowest BCUT2D eigenvalue weighted by molar-refractivity contribution is -0.265. The molecule has 1 rings (SSSR count). The second-order valence-electron chi connectivity index (χ2n) is 2.03. The first-order valence-electron chi connectivity index (χ1n) is 2.50. The highest BCUT2D eigenvalue weighted by Gasteiger charge is 2.70. The van der Waals surface area contributed by atoms with Crippen LogP contribution in [-0.4, -0.2) is 24.6 Å². The molecule has 0 unspecified atom stereocenters. The molecule has 1 heterocycles. The molecule has 1 aliphatic rings. The lowest BCUT2D eigenvalue weighted by Crippen LogP contribution is -2.37. The van der Waals surface area contributed by atoms with Gasteiger partial charge in [-0.2, -0.15) is 17.6 Å². The van der Waals surface area contributed by atoms with Crippen molar-refractivity contribution in [3.05, 3.63) is 0 Å². The van der Waals surface area contributed by atoms with Gasteiger partial charge in [-0.3, -0.25) is 4.74 Å². The highest BCUT2D eigenvalue weighted by atomic mass is 19.3. The topological polar surface area (TPSA) is 9.23 Å². The third kappa shape index (κ3) is 1.07. The van der Waals surface area contributed by atoms with Gasteiger partial charge in [-0.1, -0.05) is 0 Å². The van der Waals surface area contributed by atoms with Crippen molar-refractivity contribution in [3.63, 3.8) is 0 Å². The van der Waals surface area contributed by atoms with Crippen molar-refractivity contribution >= 4 is 0 Å². The van der Waals surface area contributed by atoms with Crippen molar-refractivity contribution in [2.24, 2.45) is 0 Å². The van der Waals surface area contributed by atoms with E-state index in [-0.39, 0.29) is 0 Å².